The lowest BCUT2D eigenvalue weighted by molar-refractivity contribution is 0.214. The molecule has 6 heteroatoms. The van der Waals surface area contributed by atoms with Crippen LogP contribution in [0.4, 0.5) is 14.9 Å². The first-order chi connectivity index (χ1) is 14.1. The highest BCUT2D eigenvalue weighted by Crippen LogP contribution is 2.18. The topological polar surface area (TPSA) is 46.5 Å². The summed E-state index contributed by atoms with van der Waals surface area (Å²) in [5.41, 5.74) is 2.45. The summed E-state index contributed by atoms with van der Waals surface area (Å²) in [5.74, 6) is 0.407. The van der Waals surface area contributed by atoms with Crippen LogP contribution in [0.2, 0.25) is 0 Å². The Bertz CT molecular complexity index is 984. The summed E-state index contributed by atoms with van der Waals surface area (Å²) in [6, 6.07) is 17.3. The van der Waals surface area contributed by atoms with Gasteiger partial charge < -0.3 is 19.5 Å². The van der Waals surface area contributed by atoms with Gasteiger partial charge in [-0.1, -0.05) is 24.3 Å². The Morgan fingerprint density at radius 2 is 2.03 bits per heavy atom. The number of hydrogen-bond acceptors (Lipinski definition) is 2. The van der Waals surface area contributed by atoms with Gasteiger partial charge in [0, 0.05) is 36.7 Å². The van der Waals surface area contributed by atoms with E-state index < -0.39 is 0 Å². The van der Waals surface area contributed by atoms with Crippen molar-refractivity contribution in [3.05, 3.63) is 96.6 Å². The molecule has 1 aromatic heterocycles. The molecule has 0 atom stereocenters. The summed E-state index contributed by atoms with van der Waals surface area (Å²) in [7, 11) is 1.58. The molecule has 0 spiro atoms. The van der Waals surface area contributed by atoms with E-state index in [-0.39, 0.29) is 11.8 Å². The molecular formula is C23H24FN3O2. The fourth-order valence-corrected chi connectivity index (χ4v) is 3.05. The molecule has 0 radical (unpaired) electrons. The fraction of sp³-hybridized carbons (Fsp3) is 0.174. The maximum Gasteiger partial charge on any atom is 0.322 e. The number of anilines is 1. The third-order valence-electron chi connectivity index (χ3n) is 4.48. The van der Waals surface area contributed by atoms with E-state index in [4.69, 9.17) is 4.74 Å². The molecule has 0 bridgehead atoms. The monoisotopic (exact) mass is 393 g/mol. The van der Waals surface area contributed by atoms with Crippen molar-refractivity contribution < 1.29 is 13.9 Å². The Hall–Kier alpha value is -3.54. The number of aromatic nitrogens is 1. The molecule has 150 valence electrons. The number of ether oxygens (including phenoxy) is 1. The quantitative estimate of drug-likeness (QED) is 0.553. The van der Waals surface area contributed by atoms with Crippen LogP contribution in [0.25, 0.3) is 0 Å². The number of nitrogens with zero attached hydrogens (tertiary/aromatic N) is 2. The molecule has 3 rings (SSSR count). The van der Waals surface area contributed by atoms with Gasteiger partial charge in [0.2, 0.25) is 0 Å². The van der Waals surface area contributed by atoms with Gasteiger partial charge in [-0.15, -0.1) is 6.58 Å². The van der Waals surface area contributed by atoms with Crippen LogP contribution in [0.15, 0.2) is 79.5 Å². The third-order valence-corrected chi connectivity index (χ3v) is 4.48. The lowest BCUT2D eigenvalue weighted by atomic mass is 10.2. The van der Waals surface area contributed by atoms with Crippen molar-refractivity contribution in [3.8, 4) is 5.75 Å². The van der Waals surface area contributed by atoms with Crippen LogP contribution >= 0.6 is 0 Å². The number of hydrogen-bond donors (Lipinski definition) is 1. The van der Waals surface area contributed by atoms with Crippen molar-refractivity contribution in [1.29, 1.82) is 0 Å². The number of benzene rings is 2. The van der Waals surface area contributed by atoms with E-state index in [1.54, 1.807) is 36.3 Å². The van der Waals surface area contributed by atoms with Gasteiger partial charge in [-0.25, -0.2) is 9.18 Å². The van der Waals surface area contributed by atoms with Gasteiger partial charge in [-0.2, -0.15) is 0 Å². The van der Waals surface area contributed by atoms with E-state index in [1.807, 2.05) is 41.1 Å². The minimum atomic E-state index is -0.262. The fourth-order valence-electron chi connectivity index (χ4n) is 3.05. The second-order valence-electron chi connectivity index (χ2n) is 6.59. The summed E-state index contributed by atoms with van der Waals surface area (Å²) in [6.45, 7) is 5.07. The van der Waals surface area contributed by atoms with E-state index in [2.05, 4.69) is 11.9 Å². The summed E-state index contributed by atoms with van der Waals surface area (Å²) in [5, 5.41) is 2.89. The van der Waals surface area contributed by atoms with E-state index in [0.29, 0.717) is 31.1 Å². The Morgan fingerprint density at radius 1 is 1.21 bits per heavy atom. The van der Waals surface area contributed by atoms with Crippen molar-refractivity contribution in [2.75, 3.05) is 19.0 Å². The number of urea groups is 1. The van der Waals surface area contributed by atoms with Crippen molar-refractivity contribution in [2.24, 2.45) is 0 Å². The molecule has 0 saturated heterocycles. The average Bonchev–Trinajstić information content (AvgIpc) is 3.14. The largest absolute Gasteiger partial charge is 0.497 e. The maximum absolute atomic E-state index is 13.5. The number of halogens is 1. The average molecular weight is 393 g/mol. The van der Waals surface area contributed by atoms with E-state index in [0.717, 1.165) is 11.3 Å². The lowest BCUT2D eigenvalue weighted by Crippen LogP contribution is -2.35. The molecule has 0 aliphatic heterocycles. The number of methoxy groups -OCH3 is 1. The number of amides is 2. The smallest absolute Gasteiger partial charge is 0.322 e. The van der Waals surface area contributed by atoms with Crippen LogP contribution in [0, 0.1) is 5.82 Å². The van der Waals surface area contributed by atoms with Gasteiger partial charge in [0.15, 0.2) is 0 Å². The first-order valence-corrected chi connectivity index (χ1v) is 9.28. The predicted octanol–water partition coefficient (Wildman–Crippen LogP) is 4.90. The Kier molecular flexibility index (Phi) is 6.68. The highest BCUT2D eigenvalue weighted by Gasteiger charge is 2.15. The van der Waals surface area contributed by atoms with Crippen molar-refractivity contribution in [1.82, 2.24) is 9.47 Å². The Morgan fingerprint density at radius 3 is 2.79 bits per heavy atom. The summed E-state index contributed by atoms with van der Waals surface area (Å²) in [6.07, 6.45) is 3.61. The van der Waals surface area contributed by atoms with E-state index in [1.165, 1.54) is 12.1 Å². The van der Waals surface area contributed by atoms with Gasteiger partial charge in [-0.05, 0) is 42.0 Å². The van der Waals surface area contributed by atoms with Crippen molar-refractivity contribution >= 4 is 11.7 Å². The van der Waals surface area contributed by atoms with Gasteiger partial charge in [0.1, 0.15) is 11.6 Å². The van der Waals surface area contributed by atoms with Gasteiger partial charge >= 0.3 is 6.03 Å². The predicted molar refractivity (Wildman–Crippen MR) is 113 cm³/mol. The van der Waals surface area contributed by atoms with Crippen LogP contribution in [0.1, 0.15) is 11.3 Å². The number of carbonyl (C=O) groups excluding carboxylic acids is 1. The maximum atomic E-state index is 13.5. The third kappa shape index (κ3) is 5.48. The van der Waals surface area contributed by atoms with E-state index >= 15 is 0 Å². The van der Waals surface area contributed by atoms with E-state index in [9.17, 15) is 9.18 Å². The first kappa shape index (κ1) is 20.2. The molecule has 29 heavy (non-hydrogen) atoms. The second kappa shape index (κ2) is 9.59. The minimum Gasteiger partial charge on any atom is -0.497 e. The summed E-state index contributed by atoms with van der Waals surface area (Å²) < 4.78 is 20.7. The van der Waals surface area contributed by atoms with Crippen LogP contribution in [-0.4, -0.2) is 29.2 Å². The molecule has 0 aliphatic carbocycles. The van der Waals surface area contributed by atoms with Crippen LogP contribution in [0.3, 0.4) is 0 Å². The summed E-state index contributed by atoms with van der Waals surface area (Å²) in [4.78, 5) is 14.5. The summed E-state index contributed by atoms with van der Waals surface area (Å²) >= 11 is 0. The van der Waals surface area contributed by atoms with Crippen LogP contribution in [0.5, 0.6) is 5.75 Å². The normalized spacial score (nSPS) is 10.4. The zero-order chi connectivity index (χ0) is 20.6. The minimum absolute atomic E-state index is 0.239. The number of rotatable bonds is 8. The molecule has 1 heterocycles. The van der Waals surface area contributed by atoms with Gasteiger partial charge in [-0.3, -0.25) is 0 Å². The van der Waals surface area contributed by atoms with Crippen molar-refractivity contribution in [3.63, 3.8) is 0 Å². The molecule has 0 aliphatic rings. The van der Waals surface area contributed by atoms with Crippen LogP contribution < -0.4 is 10.1 Å². The Balaban J connectivity index is 1.72. The highest BCUT2D eigenvalue weighted by atomic mass is 19.1. The standard InChI is InChI=1S/C23H24FN3O2/c1-3-12-27(23(28)25-20-9-5-11-22(15-20)29-2)17-21-10-6-13-26(21)16-18-7-4-8-19(24)14-18/h3-11,13-15H,1,12,16-17H2,2H3,(H,25,28). The SMILES string of the molecule is C=CCN(Cc1cccn1Cc1cccc(F)c1)C(=O)Nc1cccc(OC)c1. The van der Waals surface area contributed by atoms with Gasteiger partial charge in [0.05, 0.1) is 13.7 Å². The molecule has 2 amide bonds. The number of nitrogens with one attached hydrogen (secondary N) is 1. The molecule has 0 unspecified atom stereocenters. The molecular weight excluding hydrogens is 369 g/mol. The molecule has 0 fully saturated rings. The molecule has 1 N–H and O–H groups in total. The van der Waals surface area contributed by atoms with Crippen molar-refractivity contribution in [2.45, 2.75) is 13.1 Å². The van der Waals surface area contributed by atoms with Crippen LogP contribution in [-0.2, 0) is 13.1 Å². The molecule has 3 aromatic rings. The highest BCUT2D eigenvalue weighted by molar-refractivity contribution is 5.89. The molecule has 0 saturated carbocycles. The molecule has 2 aromatic carbocycles. The number of carbonyl (C=O) groups is 1. The molecule has 5 nitrogen and oxygen atoms in total. The lowest BCUT2D eigenvalue weighted by Gasteiger charge is -2.23. The first-order valence-electron chi connectivity index (χ1n) is 9.28. The van der Waals surface area contributed by atoms with Gasteiger partial charge in [0.25, 0.3) is 0 Å². The second-order valence-corrected chi connectivity index (χ2v) is 6.59. The Labute approximate surface area is 170 Å². The zero-order valence-electron chi connectivity index (χ0n) is 16.3. The zero-order valence-corrected chi connectivity index (χ0v) is 16.3.